The number of nitrogens with zero attached hydrogens (tertiary/aromatic N) is 1. The van der Waals surface area contributed by atoms with Crippen molar-refractivity contribution in [3.63, 3.8) is 0 Å². The zero-order chi connectivity index (χ0) is 16.9. The smallest absolute Gasteiger partial charge is 0.207 e. The van der Waals surface area contributed by atoms with Crippen molar-refractivity contribution < 1.29 is 8.42 Å². The summed E-state index contributed by atoms with van der Waals surface area (Å²) in [6, 6.07) is 2.08. The van der Waals surface area contributed by atoms with Crippen molar-refractivity contribution in [2.24, 2.45) is 0 Å². The van der Waals surface area contributed by atoms with E-state index in [0.29, 0.717) is 18.0 Å². The molecule has 0 N–H and O–H groups in total. The molecule has 3 nitrogen and oxygen atoms in total. The van der Waals surface area contributed by atoms with Gasteiger partial charge in [-0.3, -0.25) is 0 Å². The molecule has 1 aromatic carbocycles. The summed E-state index contributed by atoms with van der Waals surface area (Å²) in [5.41, 5.74) is 3.88. The Morgan fingerprint density at radius 3 is 1.64 bits per heavy atom. The third-order valence-corrected chi connectivity index (χ3v) is 6.59. The maximum absolute atomic E-state index is 13.2. The van der Waals surface area contributed by atoms with Gasteiger partial charge in [-0.15, -0.1) is 0 Å². The van der Waals surface area contributed by atoms with Crippen molar-refractivity contribution in [2.75, 3.05) is 13.1 Å². The number of hydrogen-bond donors (Lipinski definition) is 0. The molecule has 0 atom stereocenters. The van der Waals surface area contributed by atoms with Gasteiger partial charge in [0.15, 0.2) is 0 Å². The number of hydrogen-bond acceptors (Lipinski definition) is 2. The molecular weight excluding hydrogens is 294 g/mol. The molecule has 0 aliphatic heterocycles. The van der Waals surface area contributed by atoms with E-state index in [0.717, 1.165) is 47.9 Å². The summed E-state index contributed by atoms with van der Waals surface area (Å²) < 4.78 is 28.1. The van der Waals surface area contributed by atoms with Crippen LogP contribution in [0.2, 0.25) is 0 Å². The molecular formula is C18H31NO2S. The van der Waals surface area contributed by atoms with Crippen LogP contribution in [0.3, 0.4) is 0 Å². The van der Waals surface area contributed by atoms with Crippen LogP contribution in [0.5, 0.6) is 0 Å². The van der Waals surface area contributed by atoms with E-state index in [9.17, 15) is 8.42 Å². The van der Waals surface area contributed by atoms with Crippen molar-refractivity contribution in [2.45, 2.75) is 72.1 Å². The summed E-state index contributed by atoms with van der Waals surface area (Å²) in [4.78, 5) is 0.525. The molecule has 126 valence electrons. The van der Waals surface area contributed by atoms with E-state index in [1.54, 1.807) is 4.31 Å². The van der Waals surface area contributed by atoms with Gasteiger partial charge in [-0.05, 0) is 62.8 Å². The molecule has 1 rings (SSSR count). The van der Waals surface area contributed by atoms with Gasteiger partial charge in [0.2, 0.25) is 10.0 Å². The second-order valence-electron chi connectivity index (χ2n) is 6.20. The van der Waals surface area contributed by atoms with Crippen molar-refractivity contribution in [1.82, 2.24) is 4.31 Å². The Bertz CT molecular complexity index is 572. The van der Waals surface area contributed by atoms with Crippen LogP contribution >= 0.6 is 0 Å². The van der Waals surface area contributed by atoms with Crippen molar-refractivity contribution in [1.29, 1.82) is 0 Å². The molecule has 0 aliphatic carbocycles. The minimum atomic E-state index is -3.42. The standard InChI is InChI=1S/C18H31NO2S/c1-7-9-11-19(12-10-8-2)22(20,21)18-16(5)14(3)13-15(4)17(18)6/h13H,7-12H2,1-6H3. The van der Waals surface area contributed by atoms with Crippen LogP contribution in [0.1, 0.15) is 61.8 Å². The average Bonchev–Trinajstić information content (AvgIpc) is 2.45. The predicted octanol–water partition coefficient (Wildman–Crippen LogP) is 4.51. The molecule has 22 heavy (non-hydrogen) atoms. The van der Waals surface area contributed by atoms with Crippen LogP contribution in [0.25, 0.3) is 0 Å². The van der Waals surface area contributed by atoms with Gasteiger partial charge < -0.3 is 0 Å². The molecule has 0 aliphatic rings. The summed E-state index contributed by atoms with van der Waals surface area (Å²) in [5.74, 6) is 0. The lowest BCUT2D eigenvalue weighted by Crippen LogP contribution is -2.34. The van der Waals surface area contributed by atoms with Crippen LogP contribution in [0.15, 0.2) is 11.0 Å². The molecule has 0 fully saturated rings. The summed E-state index contributed by atoms with van der Waals surface area (Å²) in [7, 11) is -3.42. The lowest BCUT2D eigenvalue weighted by molar-refractivity contribution is 0.394. The van der Waals surface area contributed by atoms with Gasteiger partial charge in [-0.2, -0.15) is 4.31 Å². The van der Waals surface area contributed by atoms with Crippen LogP contribution in [-0.4, -0.2) is 25.8 Å². The number of unbranched alkanes of at least 4 members (excludes halogenated alkanes) is 2. The van der Waals surface area contributed by atoms with E-state index < -0.39 is 10.0 Å². The summed E-state index contributed by atoms with van der Waals surface area (Å²) in [6.07, 6.45) is 3.82. The maximum Gasteiger partial charge on any atom is 0.243 e. The first kappa shape index (κ1) is 19.2. The minimum absolute atomic E-state index is 0.525. The highest BCUT2D eigenvalue weighted by Gasteiger charge is 2.28. The Labute approximate surface area is 136 Å². The Morgan fingerprint density at radius 2 is 1.27 bits per heavy atom. The van der Waals surface area contributed by atoms with E-state index in [-0.39, 0.29) is 0 Å². The van der Waals surface area contributed by atoms with Gasteiger partial charge in [0.05, 0.1) is 4.90 Å². The zero-order valence-corrected chi connectivity index (χ0v) is 15.8. The van der Waals surface area contributed by atoms with Gasteiger partial charge in [0, 0.05) is 13.1 Å². The van der Waals surface area contributed by atoms with Crippen molar-refractivity contribution in [3.05, 3.63) is 28.3 Å². The first-order valence-corrected chi connectivity index (χ1v) is 9.78. The van der Waals surface area contributed by atoms with Gasteiger partial charge in [-0.25, -0.2) is 8.42 Å². The number of aryl methyl sites for hydroxylation is 2. The van der Waals surface area contributed by atoms with E-state index in [1.807, 2.05) is 27.7 Å². The summed E-state index contributed by atoms with van der Waals surface area (Å²) >= 11 is 0. The number of sulfonamides is 1. The molecule has 0 saturated heterocycles. The summed E-state index contributed by atoms with van der Waals surface area (Å²) in [6.45, 7) is 13.2. The van der Waals surface area contributed by atoms with Gasteiger partial charge >= 0.3 is 0 Å². The SMILES string of the molecule is CCCCN(CCCC)S(=O)(=O)c1c(C)c(C)cc(C)c1C. The largest absolute Gasteiger partial charge is 0.243 e. The third kappa shape index (κ3) is 4.11. The molecule has 0 spiro atoms. The van der Waals surface area contributed by atoms with E-state index >= 15 is 0 Å². The Hall–Kier alpha value is -0.870. The van der Waals surface area contributed by atoms with Crippen LogP contribution < -0.4 is 0 Å². The minimum Gasteiger partial charge on any atom is -0.207 e. The molecule has 0 radical (unpaired) electrons. The highest BCUT2D eigenvalue weighted by atomic mass is 32.2. The third-order valence-electron chi connectivity index (χ3n) is 4.42. The molecule has 0 saturated carbocycles. The summed E-state index contributed by atoms with van der Waals surface area (Å²) in [5, 5.41) is 0. The van der Waals surface area contributed by atoms with E-state index in [1.165, 1.54) is 0 Å². The fraction of sp³-hybridized carbons (Fsp3) is 0.667. The fourth-order valence-electron chi connectivity index (χ4n) is 2.72. The highest BCUT2D eigenvalue weighted by molar-refractivity contribution is 7.89. The molecule has 0 aromatic heterocycles. The van der Waals surface area contributed by atoms with Gasteiger partial charge in [-0.1, -0.05) is 32.8 Å². The molecule has 1 aromatic rings. The van der Waals surface area contributed by atoms with Crippen molar-refractivity contribution >= 4 is 10.0 Å². The Morgan fingerprint density at radius 1 is 0.864 bits per heavy atom. The predicted molar refractivity (Wildman–Crippen MR) is 94.0 cm³/mol. The molecule has 4 heteroatoms. The monoisotopic (exact) mass is 325 g/mol. The van der Waals surface area contributed by atoms with E-state index in [4.69, 9.17) is 0 Å². The quantitative estimate of drug-likeness (QED) is 0.705. The van der Waals surface area contributed by atoms with Gasteiger partial charge in [0.25, 0.3) is 0 Å². The average molecular weight is 326 g/mol. The number of benzene rings is 1. The first-order chi connectivity index (χ1) is 10.3. The molecule has 0 amide bonds. The van der Waals surface area contributed by atoms with Crippen molar-refractivity contribution in [3.8, 4) is 0 Å². The molecule has 0 unspecified atom stereocenters. The lowest BCUT2D eigenvalue weighted by atomic mass is 10.0. The Balaban J connectivity index is 3.36. The second-order valence-corrected chi connectivity index (χ2v) is 8.08. The maximum atomic E-state index is 13.2. The van der Waals surface area contributed by atoms with E-state index in [2.05, 4.69) is 19.9 Å². The Kier molecular flexibility index (Phi) is 7.07. The topological polar surface area (TPSA) is 37.4 Å². The zero-order valence-electron chi connectivity index (χ0n) is 15.0. The number of rotatable bonds is 8. The molecule has 0 bridgehead atoms. The van der Waals surface area contributed by atoms with Crippen LogP contribution in [-0.2, 0) is 10.0 Å². The fourth-order valence-corrected chi connectivity index (χ4v) is 4.81. The lowest BCUT2D eigenvalue weighted by Gasteiger charge is -2.25. The second kappa shape index (κ2) is 8.11. The normalized spacial score (nSPS) is 12.1. The van der Waals surface area contributed by atoms with Gasteiger partial charge in [0.1, 0.15) is 0 Å². The first-order valence-electron chi connectivity index (χ1n) is 8.34. The highest BCUT2D eigenvalue weighted by Crippen LogP contribution is 2.29. The van der Waals surface area contributed by atoms with Crippen LogP contribution in [0.4, 0.5) is 0 Å². The molecule has 0 heterocycles. The van der Waals surface area contributed by atoms with Crippen LogP contribution in [0, 0.1) is 27.7 Å².